The molecule has 2 aromatic rings. The van der Waals surface area contributed by atoms with Crippen molar-refractivity contribution in [2.24, 2.45) is 11.8 Å². The molecule has 5 heteroatoms. The highest BCUT2D eigenvalue weighted by Crippen LogP contribution is 2.30. The standard InChI is InChI=1S/C21H24N2O3/c1-13(2)19(24)17-5-3-4-6-18(17)23-21(26)15-9-11-16(12-10-15)22-20(25)14-7-8-14/h3-6,9-14,19,24H,7-8H2,1-2H3,(H,22,25)(H,23,26). The number of aliphatic hydroxyl groups excluding tert-OH is 1. The number of carbonyl (C=O) groups is 2. The van der Waals surface area contributed by atoms with Crippen molar-refractivity contribution in [3.63, 3.8) is 0 Å². The largest absolute Gasteiger partial charge is 0.388 e. The summed E-state index contributed by atoms with van der Waals surface area (Å²) in [5.74, 6) is -0.0310. The first-order valence-corrected chi connectivity index (χ1v) is 8.95. The molecule has 0 aliphatic heterocycles. The first-order valence-electron chi connectivity index (χ1n) is 8.95. The zero-order chi connectivity index (χ0) is 18.7. The summed E-state index contributed by atoms with van der Waals surface area (Å²) in [5, 5.41) is 16.1. The number of hydrogen-bond acceptors (Lipinski definition) is 3. The molecule has 0 saturated heterocycles. The summed E-state index contributed by atoms with van der Waals surface area (Å²) < 4.78 is 0. The lowest BCUT2D eigenvalue weighted by Crippen LogP contribution is -2.16. The van der Waals surface area contributed by atoms with Gasteiger partial charge in [-0.1, -0.05) is 32.0 Å². The van der Waals surface area contributed by atoms with Crippen LogP contribution in [-0.2, 0) is 4.79 Å². The molecule has 1 aliphatic rings. The van der Waals surface area contributed by atoms with Crippen molar-refractivity contribution in [2.75, 3.05) is 10.6 Å². The molecular weight excluding hydrogens is 328 g/mol. The maximum absolute atomic E-state index is 12.5. The van der Waals surface area contributed by atoms with Gasteiger partial charge in [0.2, 0.25) is 5.91 Å². The molecule has 0 spiro atoms. The summed E-state index contributed by atoms with van der Waals surface area (Å²) in [6.45, 7) is 3.86. The number of hydrogen-bond donors (Lipinski definition) is 3. The van der Waals surface area contributed by atoms with Gasteiger partial charge in [0.25, 0.3) is 5.91 Å². The average molecular weight is 352 g/mol. The van der Waals surface area contributed by atoms with E-state index in [-0.39, 0.29) is 23.7 Å². The van der Waals surface area contributed by atoms with Gasteiger partial charge in [0.15, 0.2) is 0 Å². The molecule has 3 rings (SSSR count). The predicted octanol–water partition coefficient (Wildman–Crippen LogP) is 3.98. The van der Waals surface area contributed by atoms with Crippen LogP contribution < -0.4 is 10.6 Å². The SMILES string of the molecule is CC(C)C(O)c1ccccc1NC(=O)c1ccc(NC(=O)C2CC2)cc1. The van der Waals surface area contributed by atoms with Gasteiger partial charge in [-0.3, -0.25) is 9.59 Å². The number of aliphatic hydroxyl groups is 1. The van der Waals surface area contributed by atoms with Crippen LogP contribution in [-0.4, -0.2) is 16.9 Å². The zero-order valence-corrected chi connectivity index (χ0v) is 15.0. The summed E-state index contributed by atoms with van der Waals surface area (Å²) in [6, 6.07) is 14.1. The number of para-hydroxylation sites is 1. The van der Waals surface area contributed by atoms with Crippen molar-refractivity contribution in [3.05, 3.63) is 59.7 Å². The third kappa shape index (κ3) is 4.29. The molecule has 0 heterocycles. The molecule has 0 radical (unpaired) electrons. The Morgan fingerprint density at radius 1 is 1.00 bits per heavy atom. The molecule has 1 aliphatic carbocycles. The third-order valence-electron chi connectivity index (χ3n) is 4.52. The molecule has 136 valence electrons. The van der Waals surface area contributed by atoms with Gasteiger partial charge in [-0.2, -0.15) is 0 Å². The molecule has 2 amide bonds. The molecule has 1 atom stereocenters. The second-order valence-corrected chi connectivity index (χ2v) is 7.07. The fraction of sp³-hybridized carbons (Fsp3) is 0.333. The van der Waals surface area contributed by atoms with Gasteiger partial charge >= 0.3 is 0 Å². The highest BCUT2D eigenvalue weighted by molar-refractivity contribution is 6.05. The molecule has 0 aromatic heterocycles. The van der Waals surface area contributed by atoms with E-state index in [4.69, 9.17) is 0 Å². The summed E-state index contributed by atoms with van der Waals surface area (Å²) in [7, 11) is 0. The second kappa shape index (κ2) is 7.70. The van der Waals surface area contributed by atoms with E-state index in [0.717, 1.165) is 12.8 Å². The molecular formula is C21H24N2O3. The average Bonchev–Trinajstić information content (AvgIpc) is 3.47. The lowest BCUT2D eigenvalue weighted by atomic mass is 9.97. The van der Waals surface area contributed by atoms with E-state index in [9.17, 15) is 14.7 Å². The Labute approximate surface area is 153 Å². The number of nitrogens with one attached hydrogen (secondary N) is 2. The normalized spacial score (nSPS) is 14.8. The molecule has 5 nitrogen and oxygen atoms in total. The van der Waals surface area contributed by atoms with Crippen LogP contribution >= 0.6 is 0 Å². The van der Waals surface area contributed by atoms with Crippen molar-refractivity contribution in [1.82, 2.24) is 0 Å². The Kier molecular flexibility index (Phi) is 5.38. The van der Waals surface area contributed by atoms with Crippen molar-refractivity contribution in [1.29, 1.82) is 0 Å². The summed E-state index contributed by atoms with van der Waals surface area (Å²) in [6.07, 6.45) is 1.26. The van der Waals surface area contributed by atoms with Crippen molar-refractivity contribution in [3.8, 4) is 0 Å². The van der Waals surface area contributed by atoms with E-state index in [1.807, 2.05) is 32.0 Å². The van der Waals surface area contributed by atoms with E-state index >= 15 is 0 Å². The maximum Gasteiger partial charge on any atom is 0.255 e. The molecule has 2 aromatic carbocycles. The van der Waals surface area contributed by atoms with Gasteiger partial charge in [0.1, 0.15) is 0 Å². The topological polar surface area (TPSA) is 78.4 Å². The van der Waals surface area contributed by atoms with Crippen LogP contribution in [0.25, 0.3) is 0 Å². The molecule has 26 heavy (non-hydrogen) atoms. The van der Waals surface area contributed by atoms with Gasteiger partial charge in [-0.05, 0) is 49.1 Å². The van der Waals surface area contributed by atoms with Gasteiger partial charge in [0, 0.05) is 28.4 Å². The monoisotopic (exact) mass is 352 g/mol. The quantitative estimate of drug-likeness (QED) is 0.736. The van der Waals surface area contributed by atoms with Crippen molar-refractivity contribution < 1.29 is 14.7 Å². The van der Waals surface area contributed by atoms with E-state index in [2.05, 4.69) is 10.6 Å². The van der Waals surface area contributed by atoms with E-state index in [1.54, 1.807) is 30.3 Å². The fourth-order valence-electron chi connectivity index (χ4n) is 2.72. The Hall–Kier alpha value is -2.66. The number of rotatable bonds is 6. The van der Waals surface area contributed by atoms with Gasteiger partial charge in [0.05, 0.1) is 6.10 Å². The minimum absolute atomic E-state index is 0.0406. The Balaban J connectivity index is 1.69. The van der Waals surface area contributed by atoms with Crippen LogP contribution in [0.5, 0.6) is 0 Å². The predicted molar refractivity (Wildman–Crippen MR) is 102 cm³/mol. The lowest BCUT2D eigenvalue weighted by Gasteiger charge is -2.19. The minimum atomic E-state index is -0.647. The highest BCUT2D eigenvalue weighted by Gasteiger charge is 2.29. The first kappa shape index (κ1) is 18.1. The molecule has 1 fully saturated rings. The summed E-state index contributed by atoms with van der Waals surface area (Å²) in [4.78, 5) is 24.3. The minimum Gasteiger partial charge on any atom is -0.388 e. The Bertz CT molecular complexity index is 795. The maximum atomic E-state index is 12.5. The number of anilines is 2. The van der Waals surface area contributed by atoms with Crippen LogP contribution in [0, 0.1) is 11.8 Å². The molecule has 0 bridgehead atoms. The highest BCUT2D eigenvalue weighted by atomic mass is 16.3. The van der Waals surface area contributed by atoms with Crippen molar-refractivity contribution >= 4 is 23.2 Å². The van der Waals surface area contributed by atoms with Crippen molar-refractivity contribution in [2.45, 2.75) is 32.8 Å². The van der Waals surface area contributed by atoms with Crippen LogP contribution in [0.2, 0.25) is 0 Å². The van der Waals surface area contributed by atoms with Gasteiger partial charge in [-0.15, -0.1) is 0 Å². The Morgan fingerprint density at radius 2 is 1.65 bits per heavy atom. The van der Waals surface area contributed by atoms with Crippen LogP contribution in [0.1, 0.15) is 48.7 Å². The van der Waals surface area contributed by atoms with Gasteiger partial charge < -0.3 is 15.7 Å². The second-order valence-electron chi connectivity index (χ2n) is 7.07. The number of benzene rings is 2. The van der Waals surface area contributed by atoms with Crippen LogP contribution in [0.3, 0.4) is 0 Å². The molecule has 1 saturated carbocycles. The zero-order valence-electron chi connectivity index (χ0n) is 15.0. The van der Waals surface area contributed by atoms with Gasteiger partial charge in [-0.25, -0.2) is 0 Å². The summed E-state index contributed by atoms with van der Waals surface area (Å²) >= 11 is 0. The smallest absolute Gasteiger partial charge is 0.255 e. The van der Waals surface area contributed by atoms with Crippen LogP contribution in [0.15, 0.2) is 48.5 Å². The third-order valence-corrected chi connectivity index (χ3v) is 4.52. The summed E-state index contributed by atoms with van der Waals surface area (Å²) in [5.41, 5.74) is 2.48. The molecule has 3 N–H and O–H groups in total. The fourth-order valence-corrected chi connectivity index (χ4v) is 2.72. The first-order chi connectivity index (χ1) is 12.5. The Morgan fingerprint density at radius 3 is 2.27 bits per heavy atom. The van der Waals surface area contributed by atoms with E-state index in [1.165, 1.54) is 0 Å². The number of carbonyl (C=O) groups excluding carboxylic acids is 2. The van der Waals surface area contributed by atoms with E-state index in [0.29, 0.717) is 22.5 Å². The lowest BCUT2D eigenvalue weighted by molar-refractivity contribution is -0.117. The molecule has 1 unspecified atom stereocenters. The van der Waals surface area contributed by atoms with Crippen LogP contribution in [0.4, 0.5) is 11.4 Å². The van der Waals surface area contributed by atoms with E-state index < -0.39 is 6.10 Å². The number of amides is 2.